The van der Waals surface area contributed by atoms with Crippen molar-refractivity contribution < 1.29 is 4.57 Å². The molecule has 3 aromatic rings. The van der Waals surface area contributed by atoms with Gasteiger partial charge in [-0.2, -0.15) is 0 Å². The largest absolute Gasteiger partial charge is 0.212 e. The lowest BCUT2D eigenvalue weighted by atomic mass is 9.94. The van der Waals surface area contributed by atoms with Gasteiger partial charge in [-0.3, -0.25) is 0 Å². The standard InChI is InChI=1S/C20H20N/c1-15-13-18(17-9-5-4-6-10-17)14-19(16(15)2)20-11-7-8-12-21(20)3/h4-14H,1-3H3/q+1. The normalized spacial score (nSPS) is 10.6. The number of aromatic nitrogens is 1. The van der Waals surface area contributed by atoms with Crippen molar-refractivity contribution in [3.63, 3.8) is 0 Å². The summed E-state index contributed by atoms with van der Waals surface area (Å²) in [4.78, 5) is 0. The first-order chi connectivity index (χ1) is 10.2. The summed E-state index contributed by atoms with van der Waals surface area (Å²) in [7, 11) is 2.10. The monoisotopic (exact) mass is 274 g/mol. The molecule has 0 atom stereocenters. The molecule has 0 saturated carbocycles. The quantitative estimate of drug-likeness (QED) is 0.607. The number of hydrogen-bond acceptors (Lipinski definition) is 0. The highest BCUT2D eigenvalue weighted by Crippen LogP contribution is 2.30. The predicted octanol–water partition coefficient (Wildman–Crippen LogP) is 4.46. The van der Waals surface area contributed by atoms with Crippen LogP contribution in [0.1, 0.15) is 11.1 Å². The molecule has 0 amide bonds. The van der Waals surface area contributed by atoms with Gasteiger partial charge in [-0.05, 0) is 48.2 Å². The molecule has 1 heterocycles. The van der Waals surface area contributed by atoms with Gasteiger partial charge >= 0.3 is 0 Å². The molecule has 0 N–H and O–H groups in total. The molecule has 2 aromatic carbocycles. The fraction of sp³-hybridized carbons (Fsp3) is 0.150. The lowest BCUT2D eigenvalue weighted by Crippen LogP contribution is -2.30. The third-order valence-electron chi connectivity index (χ3n) is 4.11. The van der Waals surface area contributed by atoms with Crippen LogP contribution in [0.3, 0.4) is 0 Å². The first-order valence-electron chi connectivity index (χ1n) is 7.28. The molecule has 0 aliphatic rings. The van der Waals surface area contributed by atoms with Crippen molar-refractivity contribution in [2.75, 3.05) is 0 Å². The minimum Gasteiger partial charge on any atom is -0.201 e. The first-order valence-corrected chi connectivity index (χ1v) is 7.28. The van der Waals surface area contributed by atoms with Gasteiger partial charge in [0.15, 0.2) is 6.20 Å². The molecule has 0 radical (unpaired) electrons. The van der Waals surface area contributed by atoms with E-state index in [2.05, 4.69) is 92.3 Å². The van der Waals surface area contributed by atoms with Crippen LogP contribution in [0.2, 0.25) is 0 Å². The maximum Gasteiger partial charge on any atom is 0.212 e. The second-order valence-corrected chi connectivity index (χ2v) is 5.53. The highest BCUT2D eigenvalue weighted by atomic mass is 14.9. The van der Waals surface area contributed by atoms with Gasteiger partial charge in [-0.15, -0.1) is 0 Å². The highest BCUT2D eigenvalue weighted by molar-refractivity contribution is 5.74. The van der Waals surface area contributed by atoms with Crippen LogP contribution in [0.25, 0.3) is 22.4 Å². The molecule has 0 bridgehead atoms. The summed E-state index contributed by atoms with van der Waals surface area (Å²) in [6.45, 7) is 4.39. The molecule has 0 fully saturated rings. The second-order valence-electron chi connectivity index (χ2n) is 5.53. The van der Waals surface area contributed by atoms with Gasteiger partial charge < -0.3 is 0 Å². The zero-order valence-electron chi connectivity index (χ0n) is 12.8. The van der Waals surface area contributed by atoms with Gasteiger partial charge in [-0.25, -0.2) is 4.57 Å². The Bertz CT molecular complexity index is 773. The number of rotatable bonds is 2. The fourth-order valence-electron chi connectivity index (χ4n) is 2.73. The minimum absolute atomic E-state index is 1.25. The van der Waals surface area contributed by atoms with E-state index in [4.69, 9.17) is 0 Å². The summed E-state index contributed by atoms with van der Waals surface area (Å²) < 4.78 is 2.18. The lowest BCUT2D eigenvalue weighted by molar-refractivity contribution is -0.660. The van der Waals surface area contributed by atoms with Crippen molar-refractivity contribution in [3.05, 3.63) is 78.0 Å². The number of aryl methyl sites for hydroxylation is 2. The van der Waals surface area contributed by atoms with Gasteiger partial charge in [0.25, 0.3) is 0 Å². The minimum atomic E-state index is 1.25. The maximum absolute atomic E-state index is 2.30. The van der Waals surface area contributed by atoms with Crippen molar-refractivity contribution in [1.29, 1.82) is 0 Å². The van der Waals surface area contributed by atoms with Crippen LogP contribution in [0.15, 0.2) is 66.9 Å². The molecular formula is C20H20N+. The number of hydrogen-bond donors (Lipinski definition) is 0. The molecule has 0 saturated heterocycles. The van der Waals surface area contributed by atoms with Gasteiger partial charge in [-0.1, -0.05) is 36.4 Å². The smallest absolute Gasteiger partial charge is 0.201 e. The van der Waals surface area contributed by atoms with Crippen LogP contribution in [-0.2, 0) is 7.05 Å². The van der Waals surface area contributed by atoms with E-state index in [1.807, 2.05) is 0 Å². The molecule has 0 spiro atoms. The molecule has 0 aliphatic heterocycles. The Balaban J connectivity index is 2.22. The average Bonchev–Trinajstić information content (AvgIpc) is 2.51. The Morgan fingerprint density at radius 1 is 0.762 bits per heavy atom. The van der Waals surface area contributed by atoms with E-state index < -0.39 is 0 Å². The Kier molecular flexibility index (Phi) is 3.57. The van der Waals surface area contributed by atoms with E-state index in [1.165, 1.54) is 33.5 Å². The first kappa shape index (κ1) is 13.6. The van der Waals surface area contributed by atoms with E-state index in [1.54, 1.807) is 0 Å². The topological polar surface area (TPSA) is 3.88 Å². The summed E-state index contributed by atoms with van der Waals surface area (Å²) in [5, 5.41) is 0. The van der Waals surface area contributed by atoms with Crippen LogP contribution in [-0.4, -0.2) is 0 Å². The molecule has 1 nitrogen and oxygen atoms in total. The molecule has 0 unspecified atom stereocenters. The van der Waals surface area contributed by atoms with Crippen molar-refractivity contribution >= 4 is 0 Å². The van der Waals surface area contributed by atoms with Crippen molar-refractivity contribution in [2.24, 2.45) is 7.05 Å². The zero-order chi connectivity index (χ0) is 14.8. The molecule has 0 aliphatic carbocycles. The maximum atomic E-state index is 2.30. The van der Waals surface area contributed by atoms with Crippen LogP contribution >= 0.6 is 0 Å². The van der Waals surface area contributed by atoms with Crippen molar-refractivity contribution in [3.8, 4) is 22.4 Å². The van der Waals surface area contributed by atoms with E-state index in [9.17, 15) is 0 Å². The summed E-state index contributed by atoms with van der Waals surface area (Å²) >= 11 is 0. The van der Waals surface area contributed by atoms with Crippen LogP contribution in [0, 0.1) is 13.8 Å². The number of benzene rings is 2. The second kappa shape index (κ2) is 5.53. The van der Waals surface area contributed by atoms with Crippen LogP contribution < -0.4 is 4.57 Å². The molecule has 1 heteroatoms. The summed E-state index contributed by atoms with van der Waals surface area (Å²) in [5.74, 6) is 0. The molecule has 1 aromatic heterocycles. The summed E-state index contributed by atoms with van der Waals surface area (Å²) in [6.07, 6.45) is 2.10. The van der Waals surface area contributed by atoms with Gasteiger partial charge in [0.2, 0.25) is 5.69 Å². The SMILES string of the molecule is Cc1cc(-c2ccccc2)cc(-c2cccc[n+]2C)c1C. The Labute approximate surface area is 126 Å². The zero-order valence-corrected chi connectivity index (χ0v) is 12.8. The Morgan fingerprint density at radius 2 is 1.48 bits per heavy atom. The Morgan fingerprint density at radius 3 is 2.19 bits per heavy atom. The van der Waals surface area contributed by atoms with E-state index >= 15 is 0 Å². The van der Waals surface area contributed by atoms with Crippen molar-refractivity contribution in [1.82, 2.24) is 0 Å². The summed E-state index contributed by atoms with van der Waals surface area (Å²) in [5.41, 5.74) is 7.76. The fourth-order valence-corrected chi connectivity index (χ4v) is 2.73. The van der Waals surface area contributed by atoms with Crippen LogP contribution in [0.5, 0.6) is 0 Å². The average molecular weight is 274 g/mol. The molecule has 21 heavy (non-hydrogen) atoms. The number of pyridine rings is 1. The van der Waals surface area contributed by atoms with E-state index in [0.717, 1.165) is 0 Å². The Hall–Kier alpha value is -2.41. The van der Waals surface area contributed by atoms with E-state index in [-0.39, 0.29) is 0 Å². The molecular weight excluding hydrogens is 254 g/mol. The van der Waals surface area contributed by atoms with Gasteiger partial charge in [0.1, 0.15) is 7.05 Å². The highest BCUT2D eigenvalue weighted by Gasteiger charge is 2.14. The molecule has 104 valence electrons. The van der Waals surface area contributed by atoms with Crippen molar-refractivity contribution in [2.45, 2.75) is 13.8 Å². The predicted molar refractivity (Wildman–Crippen MR) is 88.0 cm³/mol. The summed E-state index contributed by atoms with van der Waals surface area (Å²) in [6, 6.07) is 21.5. The van der Waals surface area contributed by atoms with E-state index in [0.29, 0.717) is 0 Å². The number of nitrogens with zero attached hydrogens (tertiary/aromatic N) is 1. The molecule has 3 rings (SSSR count). The van der Waals surface area contributed by atoms with Crippen LogP contribution in [0.4, 0.5) is 0 Å². The third kappa shape index (κ3) is 2.59. The third-order valence-corrected chi connectivity index (χ3v) is 4.11. The van der Waals surface area contributed by atoms with Gasteiger partial charge in [0.05, 0.1) is 0 Å². The van der Waals surface area contributed by atoms with Gasteiger partial charge in [0, 0.05) is 17.7 Å². The lowest BCUT2D eigenvalue weighted by Gasteiger charge is -2.11.